The number of carbonyl (C=O) groups is 1. The summed E-state index contributed by atoms with van der Waals surface area (Å²) in [5, 5.41) is 0. The molecular weight excluding hydrogens is 161 g/mol. The molecule has 0 radical (unpaired) electrons. The van der Waals surface area contributed by atoms with Crippen LogP contribution in [0.4, 0.5) is 4.39 Å². The molecule has 0 amide bonds. The van der Waals surface area contributed by atoms with Crippen molar-refractivity contribution in [3.05, 3.63) is 0 Å². The highest BCUT2D eigenvalue weighted by Crippen LogP contribution is 2.15. The van der Waals surface area contributed by atoms with Gasteiger partial charge in [-0.05, 0) is 6.92 Å². The number of methoxy groups -OCH3 is 1. The number of hydrogen-bond acceptors (Lipinski definition) is 3. The van der Waals surface area contributed by atoms with Crippen molar-refractivity contribution in [1.82, 2.24) is 0 Å². The van der Waals surface area contributed by atoms with Crippen LogP contribution in [0.25, 0.3) is 0 Å². The van der Waals surface area contributed by atoms with Crippen LogP contribution in [-0.2, 0) is 9.53 Å². The van der Waals surface area contributed by atoms with Crippen molar-refractivity contribution in [3.63, 3.8) is 0 Å². The monoisotopic (exact) mass is 169 g/mol. The molecule has 0 aliphatic heterocycles. The molecular formula is C5H9ClFNO2. The smallest absolute Gasteiger partial charge is 0.329 e. The number of hydrogen-bond donors (Lipinski definition) is 1. The molecule has 0 aliphatic carbocycles. The third-order valence-electron chi connectivity index (χ3n) is 1.08. The molecule has 0 aromatic carbocycles. The van der Waals surface area contributed by atoms with Crippen molar-refractivity contribution in [2.45, 2.75) is 18.1 Å². The topological polar surface area (TPSA) is 52.3 Å². The summed E-state index contributed by atoms with van der Waals surface area (Å²) < 4.78 is 16.4. The van der Waals surface area contributed by atoms with Crippen LogP contribution in [0.15, 0.2) is 0 Å². The second-order valence-corrected chi connectivity index (χ2v) is 2.46. The van der Waals surface area contributed by atoms with Gasteiger partial charge in [0, 0.05) is 0 Å². The quantitative estimate of drug-likeness (QED) is 0.481. The third kappa shape index (κ3) is 1.82. The lowest BCUT2D eigenvalue weighted by atomic mass is 10.1. The van der Waals surface area contributed by atoms with E-state index in [1.165, 1.54) is 0 Å². The van der Waals surface area contributed by atoms with Crippen LogP contribution < -0.4 is 5.73 Å². The fraction of sp³-hybridized carbons (Fsp3) is 0.800. The first kappa shape index (κ1) is 9.65. The first-order valence-corrected chi connectivity index (χ1v) is 3.02. The SMILES string of the molecule is COC(=O)C(C)(N)C(F)Cl. The van der Waals surface area contributed by atoms with Gasteiger partial charge in [-0.15, -0.1) is 0 Å². The van der Waals surface area contributed by atoms with Crippen molar-refractivity contribution < 1.29 is 13.9 Å². The van der Waals surface area contributed by atoms with Gasteiger partial charge in [-0.2, -0.15) is 0 Å². The minimum Gasteiger partial charge on any atom is -0.468 e. The highest BCUT2D eigenvalue weighted by atomic mass is 35.5. The number of nitrogens with two attached hydrogens (primary N) is 1. The van der Waals surface area contributed by atoms with Crippen LogP contribution in [-0.4, -0.2) is 24.2 Å². The number of ether oxygens (including phenoxy) is 1. The van der Waals surface area contributed by atoms with E-state index in [0.717, 1.165) is 14.0 Å². The molecule has 2 atom stereocenters. The van der Waals surface area contributed by atoms with E-state index in [1.807, 2.05) is 0 Å². The molecule has 2 unspecified atom stereocenters. The Labute approximate surface area is 63.3 Å². The molecule has 2 N–H and O–H groups in total. The summed E-state index contributed by atoms with van der Waals surface area (Å²) in [4.78, 5) is 10.6. The van der Waals surface area contributed by atoms with Gasteiger partial charge in [0.25, 0.3) is 0 Å². The van der Waals surface area contributed by atoms with Crippen molar-refractivity contribution in [3.8, 4) is 0 Å². The number of esters is 1. The Morgan fingerprint density at radius 1 is 1.90 bits per heavy atom. The summed E-state index contributed by atoms with van der Waals surface area (Å²) in [6.07, 6.45) is 0. The molecule has 10 heavy (non-hydrogen) atoms. The maximum Gasteiger partial charge on any atom is 0.329 e. The van der Waals surface area contributed by atoms with Gasteiger partial charge >= 0.3 is 5.97 Å². The molecule has 0 spiro atoms. The zero-order valence-corrected chi connectivity index (χ0v) is 6.48. The molecule has 60 valence electrons. The van der Waals surface area contributed by atoms with E-state index in [-0.39, 0.29) is 0 Å². The molecule has 0 saturated carbocycles. The third-order valence-corrected chi connectivity index (χ3v) is 1.53. The zero-order chi connectivity index (χ0) is 8.36. The van der Waals surface area contributed by atoms with E-state index >= 15 is 0 Å². The predicted molar refractivity (Wildman–Crippen MR) is 35.4 cm³/mol. The van der Waals surface area contributed by atoms with Gasteiger partial charge < -0.3 is 10.5 Å². The molecule has 0 aromatic heterocycles. The summed E-state index contributed by atoms with van der Waals surface area (Å²) in [6.45, 7) is 1.16. The lowest BCUT2D eigenvalue weighted by Gasteiger charge is -2.20. The van der Waals surface area contributed by atoms with Crippen LogP contribution in [0.2, 0.25) is 0 Å². The van der Waals surface area contributed by atoms with Crippen LogP contribution in [0, 0.1) is 0 Å². The Kier molecular flexibility index (Phi) is 3.05. The van der Waals surface area contributed by atoms with Gasteiger partial charge in [0.15, 0.2) is 5.54 Å². The summed E-state index contributed by atoms with van der Waals surface area (Å²) >= 11 is 4.95. The first-order chi connectivity index (χ1) is 4.42. The minimum atomic E-state index is -1.93. The molecule has 0 bridgehead atoms. The Hall–Kier alpha value is -0.350. The van der Waals surface area contributed by atoms with Gasteiger partial charge in [0.1, 0.15) is 0 Å². The highest BCUT2D eigenvalue weighted by Gasteiger charge is 2.37. The summed E-state index contributed by atoms with van der Waals surface area (Å²) in [6, 6.07) is 0. The predicted octanol–water partition coefficient (Wildman–Crippen LogP) is 0.411. The van der Waals surface area contributed by atoms with E-state index in [1.54, 1.807) is 0 Å². The summed E-state index contributed by atoms with van der Waals surface area (Å²) in [7, 11) is 1.12. The summed E-state index contributed by atoms with van der Waals surface area (Å²) in [5.74, 6) is -0.866. The fourth-order valence-corrected chi connectivity index (χ4v) is 0.398. The molecule has 0 heterocycles. The van der Waals surface area contributed by atoms with E-state index < -0.39 is 17.1 Å². The summed E-state index contributed by atoms with van der Waals surface area (Å²) in [5.41, 5.74) is 1.45. The minimum absolute atomic E-state index is 0.866. The lowest BCUT2D eigenvalue weighted by molar-refractivity contribution is -0.147. The highest BCUT2D eigenvalue weighted by molar-refractivity contribution is 6.22. The Bertz CT molecular complexity index is 138. The standard InChI is InChI=1S/C5H9ClFNO2/c1-5(8,3(6)7)4(9)10-2/h3H,8H2,1-2H3. The van der Waals surface area contributed by atoms with Gasteiger partial charge in [0.05, 0.1) is 7.11 Å². The van der Waals surface area contributed by atoms with Crippen molar-refractivity contribution in [2.24, 2.45) is 5.73 Å². The fourth-order valence-electron chi connectivity index (χ4n) is 0.309. The molecule has 5 heteroatoms. The largest absolute Gasteiger partial charge is 0.468 e. The second-order valence-electron chi connectivity index (χ2n) is 2.07. The van der Waals surface area contributed by atoms with Gasteiger partial charge in [-0.25, -0.2) is 9.18 Å². The number of rotatable bonds is 2. The van der Waals surface area contributed by atoms with E-state index in [0.29, 0.717) is 0 Å². The Morgan fingerprint density at radius 3 is 2.40 bits per heavy atom. The van der Waals surface area contributed by atoms with Crippen molar-refractivity contribution in [2.75, 3.05) is 7.11 Å². The van der Waals surface area contributed by atoms with Gasteiger partial charge in [-0.3, -0.25) is 0 Å². The number of alkyl halides is 2. The Morgan fingerprint density at radius 2 is 2.30 bits per heavy atom. The molecule has 0 saturated heterocycles. The average molecular weight is 170 g/mol. The molecule has 3 nitrogen and oxygen atoms in total. The van der Waals surface area contributed by atoms with Crippen LogP contribution >= 0.6 is 11.6 Å². The van der Waals surface area contributed by atoms with Crippen molar-refractivity contribution >= 4 is 17.6 Å². The molecule has 0 rings (SSSR count). The lowest BCUT2D eigenvalue weighted by Crippen LogP contribution is -2.51. The Balaban J connectivity index is 4.24. The second kappa shape index (κ2) is 3.16. The van der Waals surface area contributed by atoms with Crippen molar-refractivity contribution in [1.29, 1.82) is 0 Å². The van der Waals surface area contributed by atoms with Crippen LogP contribution in [0.3, 0.4) is 0 Å². The van der Waals surface area contributed by atoms with E-state index in [4.69, 9.17) is 17.3 Å². The molecule has 0 aliphatic rings. The maximum absolute atomic E-state index is 12.3. The average Bonchev–Trinajstić information content (AvgIpc) is 1.86. The molecule has 0 aromatic rings. The maximum atomic E-state index is 12.3. The number of carbonyl (C=O) groups excluding carboxylic acids is 1. The van der Waals surface area contributed by atoms with Crippen LogP contribution in [0.1, 0.15) is 6.92 Å². The van der Waals surface area contributed by atoms with Crippen LogP contribution in [0.5, 0.6) is 0 Å². The van der Waals surface area contributed by atoms with Gasteiger partial charge in [0.2, 0.25) is 5.63 Å². The first-order valence-electron chi connectivity index (χ1n) is 2.58. The molecule has 0 fully saturated rings. The van der Waals surface area contributed by atoms with E-state index in [9.17, 15) is 9.18 Å². The van der Waals surface area contributed by atoms with Gasteiger partial charge in [-0.1, -0.05) is 11.6 Å². The normalized spacial score (nSPS) is 19.3. The zero-order valence-electron chi connectivity index (χ0n) is 5.73. The number of halogens is 2. The van der Waals surface area contributed by atoms with E-state index in [2.05, 4.69) is 4.74 Å².